The molecule has 1 aliphatic rings. The smallest absolute Gasteiger partial charge is 0.241 e. The molecule has 0 saturated carbocycles. The van der Waals surface area contributed by atoms with Crippen LogP contribution in [0.1, 0.15) is 6.42 Å². The minimum absolute atomic E-state index is 0.0638. The van der Waals surface area contributed by atoms with E-state index in [2.05, 4.69) is 10.2 Å². The van der Waals surface area contributed by atoms with Crippen LogP contribution in [0.5, 0.6) is 5.88 Å². The lowest BCUT2D eigenvalue weighted by Gasteiger charge is -2.12. The maximum atomic E-state index is 5.99. The van der Waals surface area contributed by atoms with E-state index in [0.717, 1.165) is 23.8 Å². The lowest BCUT2D eigenvalue weighted by molar-refractivity contribution is 0.138. The van der Waals surface area contributed by atoms with Crippen LogP contribution in [-0.4, -0.2) is 29.5 Å². The normalized spacial score (nSPS) is 19.7. The van der Waals surface area contributed by atoms with E-state index in [9.17, 15) is 0 Å². The fourth-order valence-electron chi connectivity index (χ4n) is 1.90. The molecule has 0 spiro atoms. The highest BCUT2D eigenvalue weighted by Gasteiger charge is 2.19. The lowest BCUT2D eigenvalue weighted by Crippen LogP contribution is -2.16. The minimum atomic E-state index is 0.0638. The number of halogens is 1. The van der Waals surface area contributed by atoms with Crippen molar-refractivity contribution in [3.63, 3.8) is 0 Å². The van der Waals surface area contributed by atoms with Gasteiger partial charge in [-0.3, -0.25) is 0 Å². The molecule has 0 aliphatic carbocycles. The van der Waals surface area contributed by atoms with Crippen molar-refractivity contribution in [2.24, 2.45) is 0 Å². The van der Waals surface area contributed by atoms with E-state index in [1.165, 1.54) is 0 Å². The van der Waals surface area contributed by atoms with Gasteiger partial charge in [-0.15, -0.1) is 10.2 Å². The number of hydrogen-bond acceptors (Lipinski definition) is 4. The van der Waals surface area contributed by atoms with Crippen molar-refractivity contribution in [3.8, 4) is 5.88 Å². The molecule has 5 heteroatoms. The molecule has 1 atom stereocenters. The predicted molar refractivity (Wildman–Crippen MR) is 64.4 cm³/mol. The topological polar surface area (TPSA) is 44.2 Å². The molecule has 2 heterocycles. The third-order valence-electron chi connectivity index (χ3n) is 2.77. The summed E-state index contributed by atoms with van der Waals surface area (Å²) in [5, 5.41) is 10.1. The Morgan fingerprint density at radius 2 is 2.06 bits per heavy atom. The van der Waals surface area contributed by atoms with Gasteiger partial charge >= 0.3 is 0 Å². The molecule has 1 aromatic carbocycles. The summed E-state index contributed by atoms with van der Waals surface area (Å²) in [4.78, 5) is 0. The fourth-order valence-corrected chi connectivity index (χ4v) is 2.10. The molecule has 0 N–H and O–H groups in total. The first-order valence-corrected chi connectivity index (χ1v) is 5.88. The summed E-state index contributed by atoms with van der Waals surface area (Å²) < 4.78 is 11.1. The average molecular weight is 251 g/mol. The third-order valence-corrected chi connectivity index (χ3v) is 3.05. The van der Waals surface area contributed by atoms with E-state index < -0.39 is 0 Å². The number of benzene rings is 1. The number of fused-ring (bicyclic) bond motifs is 1. The van der Waals surface area contributed by atoms with Crippen molar-refractivity contribution >= 4 is 22.4 Å². The van der Waals surface area contributed by atoms with Crippen LogP contribution < -0.4 is 4.74 Å². The molecular weight excluding hydrogens is 240 g/mol. The molecule has 0 bridgehead atoms. The number of nitrogens with zero attached hydrogens (tertiary/aromatic N) is 2. The van der Waals surface area contributed by atoms with Crippen LogP contribution in [-0.2, 0) is 4.74 Å². The quantitative estimate of drug-likeness (QED) is 0.821. The van der Waals surface area contributed by atoms with E-state index in [1.807, 2.05) is 24.3 Å². The first-order chi connectivity index (χ1) is 8.34. The van der Waals surface area contributed by atoms with Crippen molar-refractivity contribution in [3.05, 3.63) is 29.4 Å². The SMILES string of the molecule is Clc1nnc(OC2CCOC2)c2ccccc12. The largest absolute Gasteiger partial charge is 0.470 e. The lowest BCUT2D eigenvalue weighted by atomic mass is 10.2. The third kappa shape index (κ3) is 2.06. The van der Waals surface area contributed by atoms with Gasteiger partial charge in [0.25, 0.3) is 0 Å². The summed E-state index contributed by atoms with van der Waals surface area (Å²) in [5.41, 5.74) is 0. The van der Waals surface area contributed by atoms with Crippen LogP contribution in [0.2, 0.25) is 5.15 Å². The van der Waals surface area contributed by atoms with Gasteiger partial charge in [-0.25, -0.2) is 0 Å². The van der Waals surface area contributed by atoms with Gasteiger partial charge in [0, 0.05) is 17.2 Å². The minimum Gasteiger partial charge on any atom is -0.470 e. The van der Waals surface area contributed by atoms with E-state index in [-0.39, 0.29) is 6.10 Å². The van der Waals surface area contributed by atoms with Crippen molar-refractivity contribution in [1.82, 2.24) is 10.2 Å². The highest BCUT2D eigenvalue weighted by atomic mass is 35.5. The maximum Gasteiger partial charge on any atom is 0.241 e. The summed E-state index contributed by atoms with van der Waals surface area (Å²) in [6, 6.07) is 7.68. The maximum absolute atomic E-state index is 5.99. The van der Waals surface area contributed by atoms with Crippen LogP contribution >= 0.6 is 11.6 Å². The Labute approximate surface area is 104 Å². The van der Waals surface area contributed by atoms with Crippen molar-refractivity contribution in [2.45, 2.75) is 12.5 Å². The molecule has 1 fully saturated rings. The molecule has 1 saturated heterocycles. The molecule has 1 aromatic heterocycles. The van der Waals surface area contributed by atoms with Gasteiger partial charge in [0.2, 0.25) is 5.88 Å². The van der Waals surface area contributed by atoms with E-state index in [0.29, 0.717) is 17.6 Å². The van der Waals surface area contributed by atoms with Gasteiger partial charge in [-0.05, 0) is 6.07 Å². The summed E-state index contributed by atoms with van der Waals surface area (Å²) in [5.74, 6) is 0.528. The van der Waals surface area contributed by atoms with E-state index >= 15 is 0 Å². The van der Waals surface area contributed by atoms with Gasteiger partial charge in [0.05, 0.1) is 13.2 Å². The molecule has 0 radical (unpaired) electrons. The van der Waals surface area contributed by atoms with Gasteiger partial charge in [0.1, 0.15) is 6.10 Å². The molecule has 3 rings (SSSR count). The second kappa shape index (κ2) is 4.47. The Morgan fingerprint density at radius 3 is 2.82 bits per heavy atom. The van der Waals surface area contributed by atoms with Crippen molar-refractivity contribution in [2.75, 3.05) is 13.2 Å². The van der Waals surface area contributed by atoms with E-state index in [4.69, 9.17) is 21.1 Å². The molecular formula is C12H11ClN2O2. The van der Waals surface area contributed by atoms with Crippen LogP contribution in [0.3, 0.4) is 0 Å². The Kier molecular flexibility index (Phi) is 2.82. The molecule has 2 aromatic rings. The highest BCUT2D eigenvalue weighted by molar-refractivity contribution is 6.34. The number of ether oxygens (including phenoxy) is 2. The number of hydrogen-bond donors (Lipinski definition) is 0. The molecule has 17 heavy (non-hydrogen) atoms. The summed E-state index contributed by atoms with van der Waals surface area (Å²) in [6.07, 6.45) is 0.951. The molecule has 1 unspecified atom stereocenters. The van der Waals surface area contributed by atoms with E-state index in [1.54, 1.807) is 0 Å². The number of aromatic nitrogens is 2. The second-order valence-electron chi connectivity index (χ2n) is 3.94. The highest BCUT2D eigenvalue weighted by Crippen LogP contribution is 2.28. The first kappa shape index (κ1) is 10.7. The number of rotatable bonds is 2. The average Bonchev–Trinajstić information content (AvgIpc) is 2.86. The van der Waals surface area contributed by atoms with Crippen LogP contribution in [0.15, 0.2) is 24.3 Å². The second-order valence-corrected chi connectivity index (χ2v) is 4.30. The molecule has 4 nitrogen and oxygen atoms in total. The van der Waals surface area contributed by atoms with Crippen LogP contribution in [0.4, 0.5) is 0 Å². The zero-order valence-corrected chi connectivity index (χ0v) is 9.85. The molecule has 1 aliphatic heterocycles. The van der Waals surface area contributed by atoms with Crippen molar-refractivity contribution < 1.29 is 9.47 Å². The Hall–Kier alpha value is -1.39. The zero-order valence-electron chi connectivity index (χ0n) is 9.10. The Morgan fingerprint density at radius 1 is 1.24 bits per heavy atom. The Balaban J connectivity index is 2.01. The van der Waals surface area contributed by atoms with Gasteiger partial charge in [-0.2, -0.15) is 0 Å². The molecule has 88 valence electrons. The first-order valence-electron chi connectivity index (χ1n) is 5.50. The summed E-state index contributed by atoms with van der Waals surface area (Å²) in [7, 11) is 0. The van der Waals surface area contributed by atoms with Gasteiger partial charge < -0.3 is 9.47 Å². The zero-order chi connectivity index (χ0) is 11.7. The Bertz CT molecular complexity index is 541. The monoisotopic (exact) mass is 250 g/mol. The standard InChI is InChI=1S/C12H11ClN2O2/c13-11-9-3-1-2-4-10(9)12(15-14-11)17-8-5-6-16-7-8/h1-4,8H,5-7H2. The fraction of sp³-hybridized carbons (Fsp3) is 0.333. The van der Waals surface area contributed by atoms with Crippen LogP contribution in [0, 0.1) is 0 Å². The molecule has 0 amide bonds. The van der Waals surface area contributed by atoms with Gasteiger partial charge in [0.15, 0.2) is 5.15 Å². The summed E-state index contributed by atoms with van der Waals surface area (Å²) in [6.45, 7) is 1.35. The van der Waals surface area contributed by atoms with Gasteiger partial charge in [-0.1, -0.05) is 29.8 Å². The summed E-state index contributed by atoms with van der Waals surface area (Å²) >= 11 is 5.99. The van der Waals surface area contributed by atoms with Crippen molar-refractivity contribution in [1.29, 1.82) is 0 Å². The predicted octanol–water partition coefficient (Wildman–Crippen LogP) is 2.45. The van der Waals surface area contributed by atoms with Crippen LogP contribution in [0.25, 0.3) is 10.8 Å².